The number of nitrogens with one attached hydrogen (secondary N) is 1. The van der Waals surface area contributed by atoms with E-state index in [0.29, 0.717) is 5.75 Å². The fourth-order valence-electron chi connectivity index (χ4n) is 2.37. The molecule has 0 bridgehead atoms. The summed E-state index contributed by atoms with van der Waals surface area (Å²) >= 11 is 0. The van der Waals surface area contributed by atoms with Gasteiger partial charge >= 0.3 is 5.97 Å². The number of hydrogen-bond acceptors (Lipinski definition) is 6. The fraction of sp³-hybridized carbons (Fsp3) is 0.375. The van der Waals surface area contributed by atoms with E-state index in [9.17, 15) is 19.7 Å². The quantitative estimate of drug-likeness (QED) is 0.355. The zero-order chi connectivity index (χ0) is 17.5. The van der Waals surface area contributed by atoms with Crippen LogP contribution < -0.4 is 10.1 Å². The minimum absolute atomic E-state index is 0.0144. The second-order valence-electron chi connectivity index (χ2n) is 5.32. The highest BCUT2D eigenvalue weighted by atomic mass is 16.6. The highest BCUT2D eigenvalue weighted by Gasteiger charge is 2.19. The molecule has 1 N–H and O–H groups in total. The number of anilines is 1. The van der Waals surface area contributed by atoms with Gasteiger partial charge in [0.25, 0.3) is 11.6 Å². The molecule has 1 amide bonds. The van der Waals surface area contributed by atoms with Crippen LogP contribution in [0.1, 0.15) is 19.3 Å². The van der Waals surface area contributed by atoms with Crippen LogP contribution in [0.4, 0.5) is 11.4 Å². The average molecular weight is 334 g/mol. The lowest BCUT2D eigenvalue weighted by Gasteiger charge is -2.09. The van der Waals surface area contributed by atoms with Gasteiger partial charge in [-0.25, -0.2) is 0 Å². The molecule has 0 saturated carbocycles. The first-order chi connectivity index (χ1) is 11.5. The Labute approximate surface area is 138 Å². The smallest absolute Gasteiger partial charge is 0.306 e. The Morgan fingerprint density at radius 2 is 2.21 bits per heavy atom. The highest BCUT2D eigenvalue weighted by molar-refractivity contribution is 5.95. The van der Waals surface area contributed by atoms with E-state index in [1.54, 1.807) is 0 Å². The van der Waals surface area contributed by atoms with Gasteiger partial charge in [0.15, 0.2) is 6.61 Å². The number of ether oxygens (including phenoxy) is 2. The second kappa shape index (κ2) is 8.09. The molecule has 1 aromatic rings. The Hall–Kier alpha value is -2.90. The maximum Gasteiger partial charge on any atom is 0.306 e. The normalized spacial score (nSPS) is 15.8. The number of nitrogens with zero attached hydrogens (tertiary/aromatic N) is 1. The molecule has 2 rings (SSSR count). The largest absolute Gasteiger partial charge is 0.496 e. The first-order valence-electron chi connectivity index (χ1n) is 7.44. The van der Waals surface area contributed by atoms with Gasteiger partial charge < -0.3 is 14.8 Å². The molecule has 8 nitrogen and oxygen atoms in total. The van der Waals surface area contributed by atoms with Crippen molar-refractivity contribution in [3.63, 3.8) is 0 Å². The second-order valence-corrected chi connectivity index (χ2v) is 5.32. The number of allylic oxidation sites excluding steroid dienone is 2. The van der Waals surface area contributed by atoms with Crippen LogP contribution >= 0.6 is 0 Å². The van der Waals surface area contributed by atoms with Crippen LogP contribution in [0.3, 0.4) is 0 Å². The van der Waals surface area contributed by atoms with E-state index in [1.807, 2.05) is 12.2 Å². The summed E-state index contributed by atoms with van der Waals surface area (Å²) in [6.45, 7) is -0.488. The number of amides is 1. The van der Waals surface area contributed by atoms with Gasteiger partial charge in [0.05, 0.1) is 24.5 Å². The number of benzene rings is 1. The molecule has 0 saturated heterocycles. The summed E-state index contributed by atoms with van der Waals surface area (Å²) in [6.07, 6.45) is 6.04. The number of carbonyl (C=O) groups is 2. The summed E-state index contributed by atoms with van der Waals surface area (Å²) in [4.78, 5) is 33.9. The predicted molar refractivity (Wildman–Crippen MR) is 85.7 cm³/mol. The van der Waals surface area contributed by atoms with Crippen LogP contribution in [-0.4, -0.2) is 30.5 Å². The maximum absolute atomic E-state index is 11.8. The predicted octanol–water partition coefficient (Wildman–Crippen LogP) is 2.44. The third-order valence-electron chi connectivity index (χ3n) is 3.58. The van der Waals surface area contributed by atoms with Crippen LogP contribution in [-0.2, 0) is 14.3 Å². The third kappa shape index (κ3) is 4.80. The zero-order valence-electron chi connectivity index (χ0n) is 13.2. The van der Waals surface area contributed by atoms with Gasteiger partial charge in [-0.15, -0.1) is 0 Å². The van der Waals surface area contributed by atoms with E-state index in [1.165, 1.54) is 25.3 Å². The Morgan fingerprint density at radius 1 is 1.42 bits per heavy atom. The van der Waals surface area contributed by atoms with Crippen molar-refractivity contribution >= 4 is 23.3 Å². The molecule has 0 spiro atoms. The minimum atomic E-state index is -0.640. The fourth-order valence-corrected chi connectivity index (χ4v) is 2.37. The van der Waals surface area contributed by atoms with Crippen molar-refractivity contribution in [3.05, 3.63) is 40.5 Å². The van der Waals surface area contributed by atoms with E-state index >= 15 is 0 Å². The van der Waals surface area contributed by atoms with E-state index in [2.05, 4.69) is 5.32 Å². The standard InChI is InChI=1S/C16H18N2O6/c1-23-12-6-7-13(14(9-12)18(21)22)17-15(19)10-24-16(20)8-11-4-2-3-5-11/h2,4,6-7,9,11H,3,5,8,10H2,1H3,(H,17,19)/t11-/m1/s1. The number of nitro benzene ring substituents is 1. The molecular formula is C16H18N2O6. The summed E-state index contributed by atoms with van der Waals surface area (Å²) < 4.78 is 9.82. The molecule has 0 heterocycles. The van der Waals surface area contributed by atoms with Crippen molar-refractivity contribution < 1.29 is 24.0 Å². The first-order valence-corrected chi connectivity index (χ1v) is 7.44. The molecule has 1 aliphatic rings. The molecule has 0 fully saturated rings. The highest BCUT2D eigenvalue weighted by Crippen LogP contribution is 2.28. The summed E-state index contributed by atoms with van der Waals surface area (Å²) in [6, 6.07) is 4.05. The zero-order valence-corrected chi connectivity index (χ0v) is 13.2. The average Bonchev–Trinajstić information content (AvgIpc) is 3.06. The molecule has 1 aromatic carbocycles. The Morgan fingerprint density at radius 3 is 2.83 bits per heavy atom. The van der Waals surface area contributed by atoms with Crippen LogP contribution in [0.2, 0.25) is 0 Å². The molecule has 128 valence electrons. The molecule has 1 atom stereocenters. The first kappa shape index (κ1) is 17.5. The maximum atomic E-state index is 11.8. The Bertz CT molecular complexity index is 671. The van der Waals surface area contributed by atoms with Crippen molar-refractivity contribution in [2.75, 3.05) is 19.0 Å². The lowest BCUT2D eigenvalue weighted by atomic mass is 10.1. The molecule has 1 aliphatic carbocycles. The number of esters is 1. The third-order valence-corrected chi connectivity index (χ3v) is 3.58. The van der Waals surface area contributed by atoms with Crippen LogP contribution in [0.25, 0.3) is 0 Å². The van der Waals surface area contributed by atoms with Crippen molar-refractivity contribution in [2.24, 2.45) is 5.92 Å². The molecule has 0 aromatic heterocycles. The lowest BCUT2D eigenvalue weighted by molar-refractivity contribution is -0.384. The van der Waals surface area contributed by atoms with Crippen molar-refractivity contribution in [2.45, 2.75) is 19.3 Å². The van der Waals surface area contributed by atoms with Crippen LogP contribution in [0.15, 0.2) is 30.4 Å². The summed E-state index contributed by atoms with van der Waals surface area (Å²) in [5.41, 5.74) is -0.286. The van der Waals surface area contributed by atoms with E-state index in [-0.39, 0.29) is 23.7 Å². The molecule has 0 radical (unpaired) electrons. The van der Waals surface area contributed by atoms with Gasteiger partial charge in [0.2, 0.25) is 0 Å². The van der Waals surface area contributed by atoms with Gasteiger partial charge in [0.1, 0.15) is 11.4 Å². The van der Waals surface area contributed by atoms with Crippen molar-refractivity contribution in [1.82, 2.24) is 0 Å². The minimum Gasteiger partial charge on any atom is -0.496 e. The number of carbonyl (C=O) groups excluding carboxylic acids is 2. The summed E-state index contributed by atoms with van der Waals surface area (Å²) in [5.74, 6) is -0.650. The summed E-state index contributed by atoms with van der Waals surface area (Å²) in [7, 11) is 1.39. The lowest BCUT2D eigenvalue weighted by Crippen LogP contribution is -2.22. The molecule has 8 heteroatoms. The van der Waals surface area contributed by atoms with Gasteiger partial charge in [-0.3, -0.25) is 19.7 Å². The monoisotopic (exact) mass is 334 g/mol. The number of hydrogen-bond donors (Lipinski definition) is 1. The van der Waals surface area contributed by atoms with E-state index in [4.69, 9.17) is 9.47 Å². The summed E-state index contributed by atoms with van der Waals surface area (Å²) in [5, 5.41) is 13.4. The van der Waals surface area contributed by atoms with E-state index < -0.39 is 23.4 Å². The number of nitro groups is 1. The molecule has 0 unspecified atom stereocenters. The molecular weight excluding hydrogens is 316 g/mol. The van der Waals surface area contributed by atoms with Gasteiger partial charge in [0, 0.05) is 0 Å². The van der Waals surface area contributed by atoms with Crippen LogP contribution in [0.5, 0.6) is 5.75 Å². The number of rotatable bonds is 7. The van der Waals surface area contributed by atoms with Gasteiger partial charge in [-0.2, -0.15) is 0 Å². The topological polar surface area (TPSA) is 108 Å². The van der Waals surface area contributed by atoms with Crippen LogP contribution in [0, 0.1) is 16.0 Å². The van der Waals surface area contributed by atoms with Crippen molar-refractivity contribution in [3.8, 4) is 5.75 Å². The molecule has 24 heavy (non-hydrogen) atoms. The van der Waals surface area contributed by atoms with Gasteiger partial charge in [-0.05, 0) is 30.9 Å². The van der Waals surface area contributed by atoms with E-state index in [0.717, 1.165) is 12.8 Å². The van der Waals surface area contributed by atoms with Gasteiger partial charge in [-0.1, -0.05) is 12.2 Å². The molecule has 0 aliphatic heterocycles. The number of methoxy groups -OCH3 is 1. The Kier molecular flexibility index (Phi) is 5.89. The van der Waals surface area contributed by atoms with Crippen molar-refractivity contribution in [1.29, 1.82) is 0 Å². The SMILES string of the molecule is COc1ccc(NC(=O)COC(=O)C[C@@H]2C=CCC2)c([N+](=O)[O-])c1. The Balaban J connectivity index is 1.88.